The Balaban J connectivity index is 0.00000289. The zero-order chi connectivity index (χ0) is 21.6. The number of ether oxygens (including phenoxy) is 1. The molecule has 0 amide bonds. The van der Waals surface area contributed by atoms with E-state index in [-0.39, 0.29) is 19.4 Å². The largest absolute Gasteiger partial charge is 0.496 e. The smallest absolute Gasteiger partial charge is 0.213 e. The highest BCUT2D eigenvalue weighted by molar-refractivity contribution is 7.59. The standard InChI is InChI=1S/C24H22FN5O.H2S/c1-16(19-5-3-4-6-22(19)31-2)14-28-24-13-21(29-15-30-24)17-7-9-26-20(11-17)18-8-10-27-23(25)12-18;/h3-13,15-16H,14H2,1-2H3,(H,28,29,30);1H2/t16-;/m1./s1. The SMILES string of the molecule is COc1ccccc1[C@H](C)CNc1cc(-c2ccnc(-c3ccnc(F)c3)c2)ncn1.S. The Labute approximate surface area is 193 Å². The highest BCUT2D eigenvalue weighted by Gasteiger charge is 2.12. The van der Waals surface area contributed by atoms with Gasteiger partial charge in [0.05, 0.1) is 18.5 Å². The molecule has 0 bridgehead atoms. The topological polar surface area (TPSA) is 72.8 Å². The first-order valence-electron chi connectivity index (χ1n) is 9.91. The molecule has 1 N–H and O–H groups in total. The highest BCUT2D eigenvalue weighted by atomic mass is 32.1. The number of nitrogens with zero attached hydrogens (tertiary/aromatic N) is 4. The van der Waals surface area contributed by atoms with Crippen molar-refractivity contribution in [3.05, 3.63) is 84.8 Å². The molecule has 0 unspecified atom stereocenters. The normalized spacial score (nSPS) is 11.3. The van der Waals surface area contributed by atoms with Crippen molar-refractivity contribution < 1.29 is 9.13 Å². The Bertz CT molecular complexity index is 1190. The van der Waals surface area contributed by atoms with Crippen LogP contribution in [0.15, 0.2) is 73.3 Å². The van der Waals surface area contributed by atoms with E-state index < -0.39 is 5.95 Å². The lowest BCUT2D eigenvalue weighted by Gasteiger charge is -2.16. The van der Waals surface area contributed by atoms with E-state index in [1.54, 1.807) is 19.4 Å². The van der Waals surface area contributed by atoms with Crippen LogP contribution in [0.5, 0.6) is 5.75 Å². The molecule has 3 heterocycles. The Kier molecular flexibility index (Phi) is 7.72. The summed E-state index contributed by atoms with van der Waals surface area (Å²) in [6.45, 7) is 2.82. The van der Waals surface area contributed by atoms with Crippen LogP contribution in [-0.4, -0.2) is 33.6 Å². The molecule has 0 aliphatic rings. The second-order valence-electron chi connectivity index (χ2n) is 7.11. The van der Waals surface area contributed by atoms with Crippen LogP contribution < -0.4 is 10.1 Å². The Morgan fingerprint density at radius 2 is 1.62 bits per heavy atom. The number of anilines is 1. The van der Waals surface area contributed by atoms with Gasteiger partial charge >= 0.3 is 0 Å². The van der Waals surface area contributed by atoms with Gasteiger partial charge in [0, 0.05) is 48.1 Å². The number of aromatic nitrogens is 4. The van der Waals surface area contributed by atoms with Crippen molar-refractivity contribution >= 4 is 19.3 Å². The molecular weight excluding hydrogens is 425 g/mol. The fourth-order valence-corrected chi connectivity index (χ4v) is 3.36. The Morgan fingerprint density at radius 3 is 2.41 bits per heavy atom. The second-order valence-corrected chi connectivity index (χ2v) is 7.11. The first-order valence-corrected chi connectivity index (χ1v) is 9.91. The molecule has 3 aromatic heterocycles. The summed E-state index contributed by atoms with van der Waals surface area (Å²) < 4.78 is 18.9. The summed E-state index contributed by atoms with van der Waals surface area (Å²) in [7, 11) is 1.68. The van der Waals surface area contributed by atoms with Gasteiger partial charge in [0.25, 0.3) is 0 Å². The van der Waals surface area contributed by atoms with Gasteiger partial charge < -0.3 is 10.1 Å². The number of nitrogens with one attached hydrogen (secondary N) is 1. The van der Waals surface area contributed by atoms with Crippen LogP contribution in [0.1, 0.15) is 18.4 Å². The number of para-hydroxylation sites is 1. The third-order valence-corrected chi connectivity index (χ3v) is 5.00. The quantitative estimate of drug-likeness (QED) is 0.397. The summed E-state index contributed by atoms with van der Waals surface area (Å²) in [5.74, 6) is 1.28. The number of halogens is 1. The van der Waals surface area contributed by atoms with Crippen molar-refractivity contribution in [3.63, 3.8) is 0 Å². The van der Waals surface area contributed by atoms with E-state index in [1.807, 2.05) is 36.4 Å². The summed E-state index contributed by atoms with van der Waals surface area (Å²) in [4.78, 5) is 16.7. The molecule has 6 nitrogen and oxygen atoms in total. The minimum atomic E-state index is -0.539. The molecule has 164 valence electrons. The van der Waals surface area contributed by atoms with E-state index in [0.717, 1.165) is 28.4 Å². The average Bonchev–Trinajstić information content (AvgIpc) is 2.83. The molecule has 0 saturated heterocycles. The summed E-state index contributed by atoms with van der Waals surface area (Å²) in [6, 6.07) is 16.7. The number of rotatable bonds is 7. The van der Waals surface area contributed by atoms with E-state index in [9.17, 15) is 4.39 Å². The first kappa shape index (κ1) is 23.1. The maximum absolute atomic E-state index is 13.5. The first-order chi connectivity index (χ1) is 15.1. The van der Waals surface area contributed by atoms with Gasteiger partial charge in [0.15, 0.2) is 0 Å². The summed E-state index contributed by atoms with van der Waals surface area (Å²) in [5.41, 5.74) is 4.06. The van der Waals surface area contributed by atoms with Crippen LogP contribution in [-0.2, 0) is 0 Å². The molecule has 32 heavy (non-hydrogen) atoms. The maximum Gasteiger partial charge on any atom is 0.213 e. The molecule has 0 saturated carbocycles. The highest BCUT2D eigenvalue weighted by Crippen LogP contribution is 2.27. The lowest BCUT2D eigenvalue weighted by molar-refractivity contribution is 0.407. The van der Waals surface area contributed by atoms with Gasteiger partial charge in [-0.1, -0.05) is 25.1 Å². The number of hydrogen-bond acceptors (Lipinski definition) is 6. The van der Waals surface area contributed by atoms with E-state index >= 15 is 0 Å². The van der Waals surface area contributed by atoms with Crippen molar-refractivity contribution in [2.45, 2.75) is 12.8 Å². The van der Waals surface area contributed by atoms with E-state index in [1.165, 1.54) is 18.6 Å². The third kappa shape index (κ3) is 5.39. The molecule has 8 heteroatoms. The van der Waals surface area contributed by atoms with Crippen molar-refractivity contribution in [1.29, 1.82) is 0 Å². The Hall–Kier alpha value is -3.52. The van der Waals surface area contributed by atoms with Crippen molar-refractivity contribution in [1.82, 2.24) is 19.9 Å². The molecule has 0 radical (unpaired) electrons. The lowest BCUT2D eigenvalue weighted by Crippen LogP contribution is -2.12. The van der Waals surface area contributed by atoms with Gasteiger partial charge in [-0.15, -0.1) is 0 Å². The lowest BCUT2D eigenvalue weighted by atomic mass is 10.00. The fraction of sp³-hybridized carbons (Fsp3) is 0.167. The van der Waals surface area contributed by atoms with Gasteiger partial charge in [0.1, 0.15) is 17.9 Å². The molecule has 1 atom stereocenters. The van der Waals surface area contributed by atoms with Crippen LogP contribution >= 0.6 is 13.5 Å². The monoisotopic (exact) mass is 449 g/mol. The van der Waals surface area contributed by atoms with Crippen LogP contribution in [0, 0.1) is 5.95 Å². The zero-order valence-corrected chi connectivity index (χ0v) is 18.8. The van der Waals surface area contributed by atoms with Crippen molar-refractivity contribution in [2.24, 2.45) is 0 Å². The molecule has 4 aromatic rings. The van der Waals surface area contributed by atoms with E-state index in [0.29, 0.717) is 17.8 Å². The molecule has 0 aliphatic heterocycles. The van der Waals surface area contributed by atoms with E-state index in [2.05, 4.69) is 38.2 Å². The number of benzene rings is 1. The summed E-state index contributed by atoms with van der Waals surface area (Å²) in [6.07, 6.45) is 4.63. The Morgan fingerprint density at radius 1 is 0.906 bits per heavy atom. The zero-order valence-electron chi connectivity index (χ0n) is 17.8. The van der Waals surface area contributed by atoms with Crippen LogP contribution in [0.25, 0.3) is 22.5 Å². The van der Waals surface area contributed by atoms with Crippen molar-refractivity contribution in [2.75, 3.05) is 19.0 Å². The van der Waals surface area contributed by atoms with Gasteiger partial charge in [0.2, 0.25) is 5.95 Å². The maximum atomic E-state index is 13.5. The van der Waals surface area contributed by atoms with Gasteiger partial charge in [-0.3, -0.25) is 4.98 Å². The summed E-state index contributed by atoms with van der Waals surface area (Å²) in [5, 5.41) is 3.38. The minimum Gasteiger partial charge on any atom is -0.496 e. The van der Waals surface area contributed by atoms with Gasteiger partial charge in [-0.05, 0) is 29.8 Å². The molecule has 0 spiro atoms. The van der Waals surface area contributed by atoms with Gasteiger partial charge in [-0.2, -0.15) is 17.9 Å². The molecule has 0 fully saturated rings. The predicted octanol–water partition coefficient (Wildman–Crippen LogP) is 5.08. The number of pyridine rings is 2. The van der Waals surface area contributed by atoms with Crippen LogP contribution in [0.2, 0.25) is 0 Å². The van der Waals surface area contributed by atoms with Crippen LogP contribution in [0.3, 0.4) is 0 Å². The molecule has 0 aliphatic carbocycles. The second kappa shape index (κ2) is 10.7. The molecule has 4 rings (SSSR count). The molecular formula is C24H24FN5OS. The number of methoxy groups -OCH3 is 1. The van der Waals surface area contributed by atoms with Crippen molar-refractivity contribution in [3.8, 4) is 28.3 Å². The minimum absolute atomic E-state index is 0. The summed E-state index contributed by atoms with van der Waals surface area (Å²) >= 11 is 0. The van der Waals surface area contributed by atoms with E-state index in [4.69, 9.17) is 4.74 Å². The number of hydrogen-bond donors (Lipinski definition) is 1. The third-order valence-electron chi connectivity index (χ3n) is 5.00. The average molecular weight is 450 g/mol. The molecule has 1 aromatic carbocycles. The fourth-order valence-electron chi connectivity index (χ4n) is 3.36. The van der Waals surface area contributed by atoms with Gasteiger partial charge in [-0.25, -0.2) is 15.0 Å². The predicted molar refractivity (Wildman–Crippen MR) is 129 cm³/mol. The van der Waals surface area contributed by atoms with Crippen LogP contribution in [0.4, 0.5) is 10.2 Å².